The minimum atomic E-state index is -3.64. The van der Waals surface area contributed by atoms with Crippen LogP contribution in [0.3, 0.4) is 0 Å². The van der Waals surface area contributed by atoms with Gasteiger partial charge in [-0.25, -0.2) is 13.6 Å². The summed E-state index contributed by atoms with van der Waals surface area (Å²) in [6.07, 6.45) is 6.12. The third-order valence-corrected chi connectivity index (χ3v) is 6.46. The third-order valence-electron chi connectivity index (χ3n) is 5.54. The molecule has 0 atom stereocenters. The van der Waals surface area contributed by atoms with Crippen LogP contribution in [0.5, 0.6) is 0 Å². The predicted molar refractivity (Wildman–Crippen MR) is 96.6 cm³/mol. The van der Waals surface area contributed by atoms with Crippen LogP contribution in [0.1, 0.15) is 43.2 Å². The van der Waals surface area contributed by atoms with E-state index in [9.17, 15) is 8.42 Å². The van der Waals surface area contributed by atoms with Crippen LogP contribution in [0.2, 0.25) is 0 Å². The Bertz CT molecular complexity index is 892. The van der Waals surface area contributed by atoms with E-state index in [1.807, 2.05) is 18.2 Å². The fraction of sp³-hybridized carbons (Fsp3) is 0.300. The number of sulfonamides is 1. The second-order valence-corrected chi connectivity index (χ2v) is 8.66. The lowest BCUT2D eigenvalue weighted by Gasteiger charge is -2.39. The van der Waals surface area contributed by atoms with Gasteiger partial charge in [0.05, 0.1) is 4.90 Å². The van der Waals surface area contributed by atoms with Crippen molar-refractivity contribution in [2.45, 2.75) is 37.0 Å². The summed E-state index contributed by atoms with van der Waals surface area (Å²) in [5.74, 6) is 0. The van der Waals surface area contributed by atoms with Gasteiger partial charge in [0.25, 0.3) is 0 Å². The highest BCUT2D eigenvalue weighted by atomic mass is 32.2. The summed E-state index contributed by atoms with van der Waals surface area (Å²) in [7, 11) is -3.64. The molecular weight excluding hydrogens is 318 g/mol. The molecule has 2 aromatic rings. The summed E-state index contributed by atoms with van der Waals surface area (Å²) in [5, 5.41) is 5.21. The Kier molecular flexibility index (Phi) is 3.62. The molecule has 0 unspecified atom stereocenters. The summed E-state index contributed by atoms with van der Waals surface area (Å²) in [4.78, 5) is 0.171. The second-order valence-electron chi connectivity index (χ2n) is 7.10. The predicted octanol–water partition coefficient (Wildman–Crippen LogP) is 4.21. The average Bonchev–Trinajstić information content (AvgIpc) is 2.96. The van der Waals surface area contributed by atoms with Crippen LogP contribution in [0.15, 0.2) is 59.5 Å². The molecule has 1 spiro atoms. The van der Waals surface area contributed by atoms with Crippen LogP contribution in [0.25, 0.3) is 11.1 Å². The quantitative estimate of drug-likeness (QED) is 0.910. The van der Waals surface area contributed by atoms with Gasteiger partial charge in [-0.2, -0.15) is 0 Å². The zero-order chi connectivity index (χ0) is 16.8. The number of hydrogen-bond acceptors (Lipinski definition) is 2. The first kappa shape index (κ1) is 15.6. The van der Waals surface area contributed by atoms with Crippen LogP contribution in [-0.4, -0.2) is 8.42 Å². The second kappa shape index (κ2) is 5.57. The number of primary sulfonamides is 1. The molecule has 24 heavy (non-hydrogen) atoms. The lowest BCUT2D eigenvalue weighted by Crippen LogP contribution is -2.26. The maximum Gasteiger partial charge on any atom is 0.238 e. The minimum Gasteiger partial charge on any atom is -0.225 e. The number of allylic oxidation sites excluding steroid dienone is 2. The van der Waals surface area contributed by atoms with Gasteiger partial charge in [0, 0.05) is 0 Å². The van der Waals surface area contributed by atoms with E-state index in [4.69, 9.17) is 5.14 Å². The molecule has 0 bridgehead atoms. The van der Waals surface area contributed by atoms with Crippen LogP contribution in [0.4, 0.5) is 0 Å². The molecule has 0 radical (unpaired) electrons. The van der Waals surface area contributed by atoms with Crippen molar-refractivity contribution in [3.63, 3.8) is 0 Å². The zero-order valence-corrected chi connectivity index (χ0v) is 14.4. The largest absolute Gasteiger partial charge is 0.238 e. The number of rotatable bonds is 3. The Morgan fingerprint density at radius 2 is 1.33 bits per heavy atom. The molecule has 2 N–H and O–H groups in total. The molecule has 2 aromatic carbocycles. The fourth-order valence-electron chi connectivity index (χ4n) is 4.09. The number of hydrogen-bond donors (Lipinski definition) is 1. The van der Waals surface area contributed by atoms with Crippen LogP contribution in [-0.2, 0) is 10.0 Å². The Balaban J connectivity index is 1.77. The van der Waals surface area contributed by atoms with Gasteiger partial charge < -0.3 is 0 Å². The van der Waals surface area contributed by atoms with Gasteiger partial charge in [-0.15, -0.1) is 0 Å². The monoisotopic (exact) mass is 339 g/mol. The zero-order valence-electron chi connectivity index (χ0n) is 13.5. The van der Waals surface area contributed by atoms with E-state index in [2.05, 4.69) is 24.3 Å². The topological polar surface area (TPSA) is 60.2 Å². The molecule has 0 aliphatic heterocycles. The van der Waals surface area contributed by atoms with Gasteiger partial charge in [-0.3, -0.25) is 0 Å². The molecule has 1 saturated carbocycles. The van der Waals surface area contributed by atoms with Gasteiger partial charge in [-0.05, 0) is 65.5 Å². The Morgan fingerprint density at radius 3 is 1.79 bits per heavy atom. The van der Waals surface area contributed by atoms with Crippen molar-refractivity contribution in [2.24, 2.45) is 10.6 Å². The Hall–Kier alpha value is -1.91. The highest BCUT2D eigenvalue weighted by molar-refractivity contribution is 7.89. The summed E-state index contributed by atoms with van der Waals surface area (Å²) in [5.41, 5.74) is 5.61. The van der Waals surface area contributed by atoms with E-state index in [0.717, 1.165) is 18.4 Å². The number of benzene rings is 2. The fourth-order valence-corrected chi connectivity index (χ4v) is 4.61. The molecule has 0 amide bonds. The van der Waals surface area contributed by atoms with E-state index < -0.39 is 10.0 Å². The molecule has 0 aromatic heterocycles. The van der Waals surface area contributed by atoms with Crippen molar-refractivity contribution in [3.05, 3.63) is 65.7 Å². The first-order valence-electron chi connectivity index (χ1n) is 8.38. The van der Waals surface area contributed by atoms with E-state index in [1.165, 1.54) is 36.0 Å². The summed E-state index contributed by atoms with van der Waals surface area (Å²) in [6, 6.07) is 17.6. The van der Waals surface area contributed by atoms with Crippen LogP contribution >= 0.6 is 0 Å². The molecule has 2 aliphatic rings. The van der Waals surface area contributed by atoms with Crippen molar-refractivity contribution in [1.82, 2.24) is 0 Å². The maximum atomic E-state index is 11.5. The maximum absolute atomic E-state index is 11.5. The summed E-state index contributed by atoms with van der Waals surface area (Å²) in [6.45, 7) is 0. The lowest BCUT2D eigenvalue weighted by atomic mass is 9.66. The van der Waals surface area contributed by atoms with Gasteiger partial charge >= 0.3 is 0 Å². The number of nitrogens with two attached hydrogens (primary N) is 1. The smallest absolute Gasteiger partial charge is 0.225 e. The molecular formula is C20H21NO2S. The molecule has 124 valence electrons. The highest BCUT2D eigenvalue weighted by Crippen LogP contribution is 2.59. The first-order valence-corrected chi connectivity index (χ1v) is 9.92. The van der Waals surface area contributed by atoms with E-state index in [1.54, 1.807) is 12.1 Å². The van der Waals surface area contributed by atoms with E-state index in [-0.39, 0.29) is 4.90 Å². The Labute approximate surface area is 143 Å². The van der Waals surface area contributed by atoms with Gasteiger partial charge in [0.15, 0.2) is 0 Å². The molecule has 3 nitrogen and oxygen atoms in total. The normalized spacial score (nSPS) is 19.5. The van der Waals surface area contributed by atoms with E-state index in [0.29, 0.717) is 5.41 Å². The molecule has 4 rings (SSSR count). The van der Waals surface area contributed by atoms with Crippen molar-refractivity contribution in [1.29, 1.82) is 0 Å². The SMILES string of the molecule is NS(=O)(=O)c1ccc(C2=C(c3ccccc3)CC3(CCC3)C2)cc1. The molecule has 2 aliphatic carbocycles. The minimum absolute atomic E-state index is 0.171. The highest BCUT2D eigenvalue weighted by Gasteiger charge is 2.43. The standard InChI is InChI=1S/C20H21NO2S/c21-24(22,23)17-9-7-16(8-10-17)19-14-20(11-4-12-20)13-18(19)15-5-2-1-3-6-15/h1-3,5-10H,4,11-14H2,(H2,21,22,23). The van der Waals surface area contributed by atoms with Crippen molar-refractivity contribution >= 4 is 21.2 Å². The average molecular weight is 339 g/mol. The Morgan fingerprint density at radius 1 is 0.792 bits per heavy atom. The summed E-state index contributed by atoms with van der Waals surface area (Å²) >= 11 is 0. The van der Waals surface area contributed by atoms with Crippen LogP contribution in [0, 0.1) is 5.41 Å². The van der Waals surface area contributed by atoms with Gasteiger partial charge in [0.1, 0.15) is 0 Å². The van der Waals surface area contributed by atoms with Crippen molar-refractivity contribution in [2.75, 3.05) is 0 Å². The molecule has 0 heterocycles. The lowest BCUT2D eigenvalue weighted by molar-refractivity contribution is 0.157. The van der Waals surface area contributed by atoms with Crippen LogP contribution < -0.4 is 5.14 Å². The molecule has 4 heteroatoms. The van der Waals surface area contributed by atoms with E-state index >= 15 is 0 Å². The van der Waals surface area contributed by atoms with Crippen molar-refractivity contribution < 1.29 is 8.42 Å². The summed E-state index contributed by atoms with van der Waals surface area (Å²) < 4.78 is 23.0. The van der Waals surface area contributed by atoms with Crippen molar-refractivity contribution in [3.8, 4) is 0 Å². The molecule has 1 fully saturated rings. The third kappa shape index (κ3) is 2.70. The molecule has 0 saturated heterocycles. The first-order chi connectivity index (χ1) is 11.5. The van der Waals surface area contributed by atoms with Gasteiger partial charge in [0.2, 0.25) is 10.0 Å². The van der Waals surface area contributed by atoms with Gasteiger partial charge in [-0.1, -0.05) is 48.9 Å².